The molecule has 1 aromatic heterocycles. The molecule has 16 heavy (non-hydrogen) atoms. The monoisotopic (exact) mass is 241 g/mol. The van der Waals surface area contributed by atoms with Gasteiger partial charge in [-0.05, 0) is 12.8 Å². The Bertz CT molecular complexity index is 454. The van der Waals surface area contributed by atoms with E-state index < -0.39 is 9.84 Å². The molecular weight excluding hydrogens is 226 g/mol. The standard InChI is InChI=1S/C10H15N3O2S/c1-16(14,15)8-10(2-3-10)7-13-9-6-11-4-5-12-9/h4-6H,2-3,7-8H2,1H3,(H,12,13). The summed E-state index contributed by atoms with van der Waals surface area (Å²) in [5.74, 6) is 0.954. The molecule has 1 aromatic rings. The zero-order valence-corrected chi connectivity index (χ0v) is 10.00. The van der Waals surface area contributed by atoms with Crippen molar-refractivity contribution in [2.45, 2.75) is 12.8 Å². The first-order chi connectivity index (χ1) is 7.49. The van der Waals surface area contributed by atoms with E-state index in [1.807, 2.05) is 0 Å². The number of hydrogen-bond acceptors (Lipinski definition) is 5. The zero-order valence-electron chi connectivity index (χ0n) is 9.18. The minimum Gasteiger partial charge on any atom is -0.368 e. The molecule has 0 amide bonds. The first kappa shape index (κ1) is 11.3. The Labute approximate surface area is 95.2 Å². The number of nitrogens with zero attached hydrogens (tertiary/aromatic N) is 2. The van der Waals surface area contributed by atoms with Crippen LogP contribution in [-0.4, -0.2) is 36.9 Å². The third-order valence-corrected chi connectivity index (χ3v) is 3.87. The molecule has 0 spiro atoms. The summed E-state index contributed by atoms with van der Waals surface area (Å²) in [7, 11) is -2.90. The van der Waals surface area contributed by atoms with E-state index in [0.717, 1.165) is 12.8 Å². The van der Waals surface area contributed by atoms with Gasteiger partial charge in [0.2, 0.25) is 0 Å². The van der Waals surface area contributed by atoms with Crippen LogP contribution in [0.1, 0.15) is 12.8 Å². The SMILES string of the molecule is CS(=O)(=O)CC1(CNc2cnccn2)CC1. The van der Waals surface area contributed by atoms with E-state index in [9.17, 15) is 8.42 Å². The summed E-state index contributed by atoms with van der Waals surface area (Å²) in [5.41, 5.74) is -0.0783. The van der Waals surface area contributed by atoms with Crippen molar-refractivity contribution >= 4 is 15.7 Å². The van der Waals surface area contributed by atoms with Crippen LogP contribution in [0, 0.1) is 5.41 Å². The molecule has 1 aliphatic carbocycles. The van der Waals surface area contributed by atoms with E-state index in [1.165, 1.54) is 6.26 Å². The van der Waals surface area contributed by atoms with E-state index in [0.29, 0.717) is 12.4 Å². The highest BCUT2D eigenvalue weighted by Crippen LogP contribution is 2.46. The second-order valence-corrected chi connectivity index (χ2v) is 6.65. The fourth-order valence-corrected chi connectivity index (χ4v) is 3.28. The molecule has 5 nitrogen and oxygen atoms in total. The van der Waals surface area contributed by atoms with E-state index in [2.05, 4.69) is 15.3 Å². The maximum absolute atomic E-state index is 11.2. The van der Waals surface area contributed by atoms with Crippen molar-refractivity contribution < 1.29 is 8.42 Å². The Morgan fingerprint density at radius 2 is 2.19 bits per heavy atom. The average Bonchev–Trinajstić information content (AvgIpc) is 2.95. The highest BCUT2D eigenvalue weighted by atomic mass is 32.2. The van der Waals surface area contributed by atoms with Crippen LogP contribution in [0.5, 0.6) is 0 Å². The Kier molecular flexibility index (Phi) is 2.84. The maximum atomic E-state index is 11.2. The quantitative estimate of drug-likeness (QED) is 0.822. The maximum Gasteiger partial charge on any atom is 0.148 e. The molecule has 0 atom stereocenters. The van der Waals surface area contributed by atoms with Gasteiger partial charge in [-0.1, -0.05) is 0 Å². The van der Waals surface area contributed by atoms with Gasteiger partial charge < -0.3 is 5.32 Å². The number of anilines is 1. The largest absolute Gasteiger partial charge is 0.368 e. The van der Waals surface area contributed by atoms with Crippen LogP contribution < -0.4 is 5.32 Å². The molecule has 0 saturated heterocycles. The number of hydrogen-bond donors (Lipinski definition) is 1. The van der Waals surface area contributed by atoms with Gasteiger partial charge in [0, 0.05) is 30.6 Å². The highest BCUT2D eigenvalue weighted by Gasteiger charge is 2.44. The fourth-order valence-electron chi connectivity index (χ4n) is 1.77. The minimum atomic E-state index is -2.90. The first-order valence-corrected chi connectivity index (χ1v) is 7.23. The molecular formula is C10H15N3O2S. The van der Waals surface area contributed by atoms with E-state index in [1.54, 1.807) is 18.6 Å². The summed E-state index contributed by atoms with van der Waals surface area (Å²) in [6.45, 7) is 0.652. The Morgan fingerprint density at radius 3 is 2.69 bits per heavy atom. The van der Waals surface area contributed by atoms with Gasteiger partial charge >= 0.3 is 0 Å². The van der Waals surface area contributed by atoms with Crippen molar-refractivity contribution in [2.24, 2.45) is 5.41 Å². The molecule has 0 aromatic carbocycles. The minimum absolute atomic E-state index is 0.0783. The van der Waals surface area contributed by atoms with Crippen LogP contribution in [0.3, 0.4) is 0 Å². The Hall–Kier alpha value is -1.17. The summed E-state index contributed by atoms with van der Waals surface area (Å²) in [5, 5.41) is 3.13. The van der Waals surface area contributed by atoms with Crippen molar-refractivity contribution in [3.05, 3.63) is 18.6 Å². The Balaban J connectivity index is 1.91. The van der Waals surface area contributed by atoms with Gasteiger partial charge in [0.1, 0.15) is 15.7 Å². The lowest BCUT2D eigenvalue weighted by atomic mass is 10.1. The molecule has 1 heterocycles. The van der Waals surface area contributed by atoms with Crippen LogP contribution in [0.25, 0.3) is 0 Å². The summed E-state index contributed by atoms with van der Waals surface area (Å²) in [6, 6.07) is 0. The predicted molar refractivity (Wildman–Crippen MR) is 61.9 cm³/mol. The Morgan fingerprint density at radius 1 is 1.44 bits per heavy atom. The second kappa shape index (κ2) is 4.01. The third kappa shape index (κ3) is 3.16. The molecule has 0 unspecified atom stereocenters. The molecule has 6 heteroatoms. The molecule has 0 bridgehead atoms. The smallest absolute Gasteiger partial charge is 0.148 e. The lowest BCUT2D eigenvalue weighted by molar-refractivity contribution is 0.560. The van der Waals surface area contributed by atoms with Crippen LogP contribution in [-0.2, 0) is 9.84 Å². The molecule has 1 aliphatic rings. The van der Waals surface area contributed by atoms with Gasteiger partial charge in [0.15, 0.2) is 0 Å². The molecule has 1 N–H and O–H groups in total. The molecule has 2 rings (SSSR count). The van der Waals surface area contributed by atoms with Crippen molar-refractivity contribution in [3.63, 3.8) is 0 Å². The normalized spacial score (nSPS) is 18.1. The van der Waals surface area contributed by atoms with Gasteiger partial charge in [0.05, 0.1) is 11.9 Å². The molecule has 1 fully saturated rings. The van der Waals surface area contributed by atoms with Crippen LogP contribution in [0.15, 0.2) is 18.6 Å². The third-order valence-electron chi connectivity index (χ3n) is 2.73. The lowest BCUT2D eigenvalue weighted by Crippen LogP contribution is -2.24. The van der Waals surface area contributed by atoms with Gasteiger partial charge in [-0.15, -0.1) is 0 Å². The molecule has 1 saturated carbocycles. The van der Waals surface area contributed by atoms with Gasteiger partial charge in [-0.3, -0.25) is 4.98 Å². The van der Waals surface area contributed by atoms with E-state index in [4.69, 9.17) is 0 Å². The van der Waals surface area contributed by atoms with Crippen LogP contribution >= 0.6 is 0 Å². The summed E-state index contributed by atoms with van der Waals surface area (Å²) < 4.78 is 22.5. The van der Waals surface area contributed by atoms with Gasteiger partial charge in [0.25, 0.3) is 0 Å². The van der Waals surface area contributed by atoms with Crippen molar-refractivity contribution in [1.82, 2.24) is 9.97 Å². The first-order valence-electron chi connectivity index (χ1n) is 5.17. The van der Waals surface area contributed by atoms with Crippen molar-refractivity contribution in [3.8, 4) is 0 Å². The molecule has 88 valence electrons. The second-order valence-electron chi connectivity index (χ2n) is 4.51. The number of aromatic nitrogens is 2. The summed E-state index contributed by atoms with van der Waals surface area (Å²) >= 11 is 0. The number of rotatable bonds is 5. The van der Waals surface area contributed by atoms with Crippen molar-refractivity contribution in [2.75, 3.05) is 23.9 Å². The van der Waals surface area contributed by atoms with Crippen LogP contribution in [0.4, 0.5) is 5.82 Å². The zero-order chi connectivity index (χ0) is 11.6. The summed E-state index contributed by atoms with van der Waals surface area (Å²) in [4.78, 5) is 8.02. The van der Waals surface area contributed by atoms with Gasteiger partial charge in [-0.25, -0.2) is 13.4 Å². The lowest BCUT2D eigenvalue weighted by Gasteiger charge is -2.14. The van der Waals surface area contributed by atoms with Crippen molar-refractivity contribution in [1.29, 1.82) is 0 Å². The number of nitrogens with one attached hydrogen (secondary N) is 1. The predicted octanol–water partition coefficient (Wildman–Crippen LogP) is 0.713. The molecule has 0 aliphatic heterocycles. The fraction of sp³-hybridized carbons (Fsp3) is 0.600. The summed E-state index contributed by atoms with van der Waals surface area (Å²) in [6.07, 6.45) is 8.07. The number of sulfone groups is 1. The van der Waals surface area contributed by atoms with Crippen LogP contribution in [0.2, 0.25) is 0 Å². The van der Waals surface area contributed by atoms with E-state index in [-0.39, 0.29) is 11.2 Å². The topological polar surface area (TPSA) is 72.0 Å². The van der Waals surface area contributed by atoms with E-state index >= 15 is 0 Å². The molecule has 0 radical (unpaired) electrons. The average molecular weight is 241 g/mol. The highest BCUT2D eigenvalue weighted by molar-refractivity contribution is 7.90. The van der Waals surface area contributed by atoms with Gasteiger partial charge in [-0.2, -0.15) is 0 Å².